The van der Waals surface area contributed by atoms with Crippen molar-refractivity contribution < 1.29 is 0 Å². The van der Waals surface area contributed by atoms with Gasteiger partial charge in [-0.3, -0.25) is 0 Å². The minimum atomic E-state index is 0. The molecule has 0 atom stereocenters. The van der Waals surface area contributed by atoms with Gasteiger partial charge in [0.1, 0.15) is 0 Å². The van der Waals surface area contributed by atoms with Crippen molar-refractivity contribution >= 4 is 12.4 Å². The van der Waals surface area contributed by atoms with E-state index in [0.29, 0.717) is 0 Å². The molecule has 0 aromatic rings. The summed E-state index contributed by atoms with van der Waals surface area (Å²) in [6, 6.07) is 0. The zero-order valence-electron chi connectivity index (χ0n) is 14.2. The van der Waals surface area contributed by atoms with Crippen LogP contribution in [0.4, 0.5) is 0 Å². The highest BCUT2D eigenvalue weighted by molar-refractivity contribution is 5.85. The van der Waals surface area contributed by atoms with Crippen molar-refractivity contribution in [2.24, 2.45) is 11.7 Å². The Morgan fingerprint density at radius 3 is 1.15 bits per heavy atom. The first-order valence-corrected chi connectivity index (χ1v) is 8.97. The van der Waals surface area contributed by atoms with E-state index in [1.165, 1.54) is 89.9 Å². The largest absolute Gasteiger partial charge is 0.330 e. The third-order valence-corrected chi connectivity index (χ3v) is 3.99. The monoisotopic (exact) mass is 305 g/mol. The average Bonchev–Trinajstić information content (AvgIpc) is 2.39. The van der Waals surface area contributed by atoms with Crippen LogP contribution >= 0.6 is 12.4 Å². The lowest BCUT2D eigenvalue weighted by atomic mass is 10.0. The molecule has 0 spiro atoms. The lowest BCUT2D eigenvalue weighted by molar-refractivity contribution is 0.503. The maximum absolute atomic E-state index is 5.48. The Hall–Kier alpha value is 0.250. The van der Waals surface area contributed by atoms with Gasteiger partial charge in [0.15, 0.2) is 0 Å². The van der Waals surface area contributed by atoms with Crippen LogP contribution in [-0.4, -0.2) is 6.54 Å². The lowest BCUT2D eigenvalue weighted by Crippen LogP contribution is -1.97. The van der Waals surface area contributed by atoms with Crippen molar-refractivity contribution in [1.82, 2.24) is 0 Å². The highest BCUT2D eigenvalue weighted by Crippen LogP contribution is 2.14. The van der Waals surface area contributed by atoms with Crippen molar-refractivity contribution in [1.29, 1.82) is 0 Å². The maximum atomic E-state index is 5.48. The number of hydrogen-bond acceptors (Lipinski definition) is 1. The van der Waals surface area contributed by atoms with Crippen LogP contribution in [0.2, 0.25) is 0 Å². The Kier molecular flexibility index (Phi) is 21.7. The topological polar surface area (TPSA) is 26.0 Å². The Morgan fingerprint density at radius 1 is 0.550 bits per heavy atom. The smallest absolute Gasteiger partial charge is 0.00773 e. The Morgan fingerprint density at radius 2 is 0.850 bits per heavy atom. The van der Waals surface area contributed by atoms with Crippen LogP contribution in [0.3, 0.4) is 0 Å². The molecule has 2 heteroatoms. The van der Waals surface area contributed by atoms with Gasteiger partial charge in [0.2, 0.25) is 0 Å². The molecule has 0 aliphatic rings. The van der Waals surface area contributed by atoms with Gasteiger partial charge in [0.05, 0.1) is 0 Å². The normalized spacial score (nSPS) is 10.8. The molecule has 124 valence electrons. The summed E-state index contributed by atoms with van der Waals surface area (Å²) in [6.45, 7) is 5.53. The molecule has 20 heavy (non-hydrogen) atoms. The zero-order chi connectivity index (χ0) is 14.2. The lowest BCUT2D eigenvalue weighted by Gasteiger charge is -2.04. The summed E-state index contributed by atoms with van der Waals surface area (Å²) < 4.78 is 0. The van der Waals surface area contributed by atoms with Crippen LogP contribution < -0.4 is 5.73 Å². The van der Waals surface area contributed by atoms with Crippen molar-refractivity contribution in [3.05, 3.63) is 0 Å². The van der Waals surface area contributed by atoms with Crippen LogP contribution in [0, 0.1) is 5.92 Å². The van der Waals surface area contributed by atoms with E-state index in [2.05, 4.69) is 13.8 Å². The van der Waals surface area contributed by atoms with E-state index in [9.17, 15) is 0 Å². The van der Waals surface area contributed by atoms with Crippen molar-refractivity contribution in [2.75, 3.05) is 6.54 Å². The molecule has 0 aliphatic carbocycles. The molecule has 0 saturated carbocycles. The van der Waals surface area contributed by atoms with Gasteiger partial charge in [-0.1, -0.05) is 97.3 Å². The summed E-state index contributed by atoms with van der Waals surface area (Å²) in [4.78, 5) is 0. The van der Waals surface area contributed by atoms with Crippen molar-refractivity contribution in [3.8, 4) is 0 Å². The molecule has 0 aromatic heterocycles. The van der Waals surface area contributed by atoms with E-state index in [4.69, 9.17) is 5.73 Å². The predicted octanol–water partition coefficient (Wildman–Crippen LogP) is 6.48. The number of hydrogen-bond donors (Lipinski definition) is 1. The van der Waals surface area contributed by atoms with Crippen LogP contribution in [-0.2, 0) is 0 Å². The third kappa shape index (κ3) is 20.6. The molecule has 0 rings (SSSR count). The molecule has 2 N–H and O–H groups in total. The number of rotatable bonds is 15. The Balaban J connectivity index is 0. The van der Waals surface area contributed by atoms with E-state index < -0.39 is 0 Å². The van der Waals surface area contributed by atoms with Gasteiger partial charge >= 0.3 is 0 Å². The molecule has 0 radical (unpaired) electrons. The number of halogens is 1. The SMILES string of the molecule is CC(C)CCCCCCCCCCCCCCCN.Cl. The molecule has 0 aliphatic heterocycles. The summed E-state index contributed by atoms with van der Waals surface area (Å²) in [5, 5.41) is 0. The molecule has 0 unspecified atom stereocenters. The van der Waals surface area contributed by atoms with Gasteiger partial charge in [-0.2, -0.15) is 0 Å². The summed E-state index contributed by atoms with van der Waals surface area (Å²) >= 11 is 0. The molecule has 0 amide bonds. The second-order valence-corrected chi connectivity index (χ2v) is 6.57. The summed E-state index contributed by atoms with van der Waals surface area (Å²) in [7, 11) is 0. The fourth-order valence-corrected chi connectivity index (χ4v) is 2.64. The van der Waals surface area contributed by atoms with E-state index >= 15 is 0 Å². The first kappa shape index (κ1) is 22.5. The fraction of sp³-hybridized carbons (Fsp3) is 1.00. The molecular formula is C18H40ClN. The Labute approximate surface area is 134 Å². The van der Waals surface area contributed by atoms with E-state index in [0.717, 1.165) is 12.5 Å². The molecule has 0 aromatic carbocycles. The minimum absolute atomic E-state index is 0. The van der Waals surface area contributed by atoms with E-state index in [1.54, 1.807) is 0 Å². The molecule has 0 saturated heterocycles. The third-order valence-electron chi connectivity index (χ3n) is 3.99. The van der Waals surface area contributed by atoms with Gasteiger partial charge in [-0.25, -0.2) is 0 Å². The highest BCUT2D eigenvalue weighted by Gasteiger charge is 1.95. The zero-order valence-corrected chi connectivity index (χ0v) is 15.0. The van der Waals surface area contributed by atoms with Crippen molar-refractivity contribution in [3.63, 3.8) is 0 Å². The van der Waals surface area contributed by atoms with Crippen LogP contribution in [0.25, 0.3) is 0 Å². The van der Waals surface area contributed by atoms with Gasteiger partial charge in [-0.15, -0.1) is 12.4 Å². The second-order valence-electron chi connectivity index (χ2n) is 6.57. The minimum Gasteiger partial charge on any atom is -0.330 e. The standard InChI is InChI=1S/C18H39N.ClH/c1-18(2)16-14-12-10-8-6-4-3-5-7-9-11-13-15-17-19;/h18H,3-17,19H2,1-2H3;1H. The summed E-state index contributed by atoms with van der Waals surface area (Å²) in [5.74, 6) is 0.893. The Bertz CT molecular complexity index is 159. The van der Waals surface area contributed by atoms with Gasteiger partial charge in [-0.05, 0) is 18.9 Å². The first-order chi connectivity index (χ1) is 9.27. The number of unbranched alkanes of at least 4 members (excludes halogenated alkanes) is 12. The molecule has 0 fully saturated rings. The highest BCUT2D eigenvalue weighted by atomic mass is 35.5. The van der Waals surface area contributed by atoms with E-state index in [1.807, 2.05) is 0 Å². The van der Waals surface area contributed by atoms with E-state index in [-0.39, 0.29) is 12.4 Å². The van der Waals surface area contributed by atoms with Gasteiger partial charge in [0.25, 0.3) is 0 Å². The summed E-state index contributed by atoms with van der Waals surface area (Å²) in [6.07, 6.45) is 19.9. The molecule has 0 bridgehead atoms. The predicted molar refractivity (Wildman–Crippen MR) is 95.8 cm³/mol. The van der Waals surface area contributed by atoms with Crippen LogP contribution in [0.15, 0.2) is 0 Å². The van der Waals surface area contributed by atoms with Gasteiger partial charge in [0, 0.05) is 0 Å². The number of nitrogens with two attached hydrogens (primary N) is 1. The van der Waals surface area contributed by atoms with Crippen molar-refractivity contribution in [2.45, 2.75) is 104 Å². The quantitative estimate of drug-likeness (QED) is 0.344. The molecule has 0 heterocycles. The van der Waals surface area contributed by atoms with Crippen LogP contribution in [0.1, 0.15) is 104 Å². The average molecular weight is 306 g/mol. The second kappa shape index (κ2) is 19.2. The summed E-state index contributed by atoms with van der Waals surface area (Å²) in [5.41, 5.74) is 5.48. The maximum Gasteiger partial charge on any atom is -0.00773 e. The van der Waals surface area contributed by atoms with Crippen LogP contribution in [0.5, 0.6) is 0 Å². The molecular weight excluding hydrogens is 266 g/mol. The first-order valence-electron chi connectivity index (χ1n) is 8.97. The van der Waals surface area contributed by atoms with Gasteiger partial charge < -0.3 is 5.73 Å². The fourth-order valence-electron chi connectivity index (χ4n) is 2.64. The molecule has 1 nitrogen and oxygen atoms in total.